The Hall–Kier alpha value is -2.10. The SMILES string of the molecule is NC1CC2CC[C@@H](C1)[C@H]2S(=O)(=O)c1cc(C(=O)Nc2cc(F)c(F)c(F)c2)ccc1Cl. The van der Waals surface area contributed by atoms with Crippen LogP contribution in [-0.4, -0.2) is 25.6 Å². The fourth-order valence-electron chi connectivity index (χ4n) is 4.87. The topological polar surface area (TPSA) is 89.3 Å². The van der Waals surface area contributed by atoms with Gasteiger partial charge in [0.2, 0.25) is 0 Å². The van der Waals surface area contributed by atoms with Crippen molar-refractivity contribution in [2.24, 2.45) is 17.6 Å². The van der Waals surface area contributed by atoms with Gasteiger partial charge in [-0.3, -0.25) is 4.79 Å². The molecule has 0 radical (unpaired) electrons. The highest BCUT2D eigenvalue weighted by Crippen LogP contribution is 2.47. The van der Waals surface area contributed by atoms with E-state index in [4.69, 9.17) is 17.3 Å². The molecule has 166 valence electrons. The van der Waals surface area contributed by atoms with E-state index in [0.717, 1.165) is 18.9 Å². The van der Waals surface area contributed by atoms with Gasteiger partial charge in [0.1, 0.15) is 0 Å². The van der Waals surface area contributed by atoms with Gasteiger partial charge >= 0.3 is 0 Å². The Morgan fingerprint density at radius 3 is 2.19 bits per heavy atom. The Kier molecular flexibility index (Phi) is 5.78. The molecule has 1 amide bonds. The summed E-state index contributed by atoms with van der Waals surface area (Å²) in [6.45, 7) is 0. The average Bonchev–Trinajstić information content (AvgIpc) is 2.99. The summed E-state index contributed by atoms with van der Waals surface area (Å²) in [6.07, 6.45) is 2.81. The van der Waals surface area contributed by atoms with Crippen LogP contribution in [-0.2, 0) is 9.84 Å². The quantitative estimate of drug-likeness (QED) is 0.649. The molecule has 0 heterocycles. The molecule has 2 saturated carbocycles. The maximum absolute atomic E-state index is 13.4. The number of carbonyl (C=O) groups is 1. The summed E-state index contributed by atoms with van der Waals surface area (Å²) < 4.78 is 66.8. The molecule has 10 heteroatoms. The number of nitrogens with two attached hydrogens (primary N) is 1. The van der Waals surface area contributed by atoms with Crippen molar-refractivity contribution >= 4 is 33.0 Å². The number of sulfone groups is 1. The first kappa shape index (κ1) is 22.1. The molecule has 2 aromatic carbocycles. The third kappa shape index (κ3) is 4.06. The summed E-state index contributed by atoms with van der Waals surface area (Å²) in [5.74, 6) is -5.50. The number of rotatable bonds is 4. The molecule has 0 saturated heterocycles. The van der Waals surface area contributed by atoms with Gasteiger partial charge in [0.25, 0.3) is 5.91 Å². The van der Waals surface area contributed by atoms with Crippen LogP contribution in [0.2, 0.25) is 5.02 Å². The Morgan fingerprint density at radius 2 is 1.61 bits per heavy atom. The number of carbonyl (C=O) groups excluding carboxylic acids is 1. The molecular formula is C21H20ClF3N2O3S. The van der Waals surface area contributed by atoms with E-state index >= 15 is 0 Å². The van der Waals surface area contributed by atoms with E-state index in [9.17, 15) is 26.4 Å². The molecule has 0 aliphatic heterocycles. The average molecular weight is 473 g/mol. The van der Waals surface area contributed by atoms with Gasteiger partial charge in [-0.15, -0.1) is 0 Å². The van der Waals surface area contributed by atoms with Gasteiger partial charge in [0, 0.05) is 29.4 Å². The van der Waals surface area contributed by atoms with E-state index in [2.05, 4.69) is 5.32 Å². The second-order valence-corrected chi connectivity index (χ2v) is 10.7. The zero-order valence-electron chi connectivity index (χ0n) is 16.2. The predicted molar refractivity (Wildman–Crippen MR) is 110 cm³/mol. The first-order valence-electron chi connectivity index (χ1n) is 9.83. The third-order valence-corrected chi connectivity index (χ3v) is 9.03. The number of fused-ring (bicyclic) bond motifs is 2. The zero-order valence-corrected chi connectivity index (χ0v) is 17.8. The second-order valence-electron chi connectivity index (χ2n) is 8.19. The number of hydrogen-bond acceptors (Lipinski definition) is 4. The van der Waals surface area contributed by atoms with E-state index in [1.54, 1.807) is 0 Å². The summed E-state index contributed by atoms with van der Waals surface area (Å²) in [4.78, 5) is 12.4. The monoisotopic (exact) mass is 472 g/mol. The van der Waals surface area contributed by atoms with Crippen molar-refractivity contribution < 1.29 is 26.4 Å². The molecule has 2 bridgehead atoms. The van der Waals surface area contributed by atoms with Crippen molar-refractivity contribution in [1.29, 1.82) is 0 Å². The fourth-order valence-corrected chi connectivity index (χ4v) is 7.74. The van der Waals surface area contributed by atoms with Crippen molar-refractivity contribution in [2.75, 3.05) is 5.32 Å². The van der Waals surface area contributed by atoms with E-state index in [0.29, 0.717) is 25.0 Å². The van der Waals surface area contributed by atoms with Crippen LogP contribution < -0.4 is 11.1 Å². The Morgan fingerprint density at radius 1 is 1.03 bits per heavy atom. The largest absolute Gasteiger partial charge is 0.328 e. The lowest BCUT2D eigenvalue weighted by molar-refractivity contribution is 0.102. The maximum Gasteiger partial charge on any atom is 0.255 e. The van der Waals surface area contributed by atoms with Gasteiger partial charge in [-0.05, 0) is 55.7 Å². The van der Waals surface area contributed by atoms with Crippen LogP contribution in [0.5, 0.6) is 0 Å². The van der Waals surface area contributed by atoms with Crippen molar-refractivity contribution in [3.05, 3.63) is 58.4 Å². The lowest BCUT2D eigenvalue weighted by atomic mass is 9.85. The highest BCUT2D eigenvalue weighted by atomic mass is 35.5. The smallest absolute Gasteiger partial charge is 0.255 e. The van der Waals surface area contributed by atoms with Crippen LogP contribution in [0.4, 0.5) is 18.9 Å². The number of hydrogen-bond donors (Lipinski definition) is 2. The van der Waals surface area contributed by atoms with Crippen molar-refractivity contribution in [1.82, 2.24) is 0 Å². The Balaban J connectivity index is 1.64. The predicted octanol–water partition coefficient (Wildman–Crippen LogP) is 4.30. The van der Waals surface area contributed by atoms with Gasteiger partial charge < -0.3 is 11.1 Å². The van der Waals surface area contributed by atoms with Crippen LogP contribution in [0.3, 0.4) is 0 Å². The highest BCUT2D eigenvalue weighted by molar-refractivity contribution is 7.92. The van der Waals surface area contributed by atoms with Gasteiger partial charge in [-0.25, -0.2) is 21.6 Å². The number of nitrogens with one attached hydrogen (secondary N) is 1. The molecular weight excluding hydrogens is 453 g/mol. The van der Waals surface area contributed by atoms with Crippen molar-refractivity contribution in [3.8, 4) is 0 Å². The molecule has 0 aromatic heterocycles. The van der Waals surface area contributed by atoms with Crippen LogP contribution in [0.15, 0.2) is 35.2 Å². The van der Waals surface area contributed by atoms with Crippen LogP contribution >= 0.6 is 11.6 Å². The molecule has 2 fully saturated rings. The molecule has 2 aliphatic rings. The molecule has 2 aliphatic carbocycles. The molecule has 5 nitrogen and oxygen atoms in total. The molecule has 0 spiro atoms. The zero-order chi connectivity index (χ0) is 22.5. The minimum atomic E-state index is -3.84. The summed E-state index contributed by atoms with van der Waals surface area (Å²) in [7, 11) is -3.84. The molecule has 4 atom stereocenters. The van der Waals surface area contributed by atoms with Crippen molar-refractivity contribution in [3.63, 3.8) is 0 Å². The first-order chi connectivity index (χ1) is 14.6. The summed E-state index contributed by atoms with van der Waals surface area (Å²) >= 11 is 6.19. The highest BCUT2D eigenvalue weighted by Gasteiger charge is 2.49. The van der Waals surface area contributed by atoms with Gasteiger partial charge in [-0.1, -0.05) is 11.6 Å². The maximum atomic E-state index is 13.4. The lowest BCUT2D eigenvalue weighted by Gasteiger charge is -2.33. The fraction of sp³-hybridized carbons (Fsp3) is 0.381. The van der Waals surface area contributed by atoms with E-state index in [1.165, 1.54) is 12.1 Å². The van der Waals surface area contributed by atoms with Crippen LogP contribution in [0, 0.1) is 29.3 Å². The van der Waals surface area contributed by atoms with E-state index < -0.39 is 38.4 Å². The van der Waals surface area contributed by atoms with Gasteiger partial charge in [-0.2, -0.15) is 0 Å². The van der Waals surface area contributed by atoms with Crippen molar-refractivity contribution in [2.45, 2.75) is 41.9 Å². The Bertz CT molecular complexity index is 1120. The minimum Gasteiger partial charge on any atom is -0.328 e. The minimum absolute atomic E-state index is 0.00954. The molecule has 2 unspecified atom stereocenters. The van der Waals surface area contributed by atoms with E-state index in [-0.39, 0.29) is 39.0 Å². The summed E-state index contributed by atoms with van der Waals surface area (Å²) in [6, 6.07) is 5.01. The normalized spacial score (nSPS) is 25.5. The van der Waals surface area contributed by atoms with E-state index in [1.807, 2.05) is 0 Å². The van der Waals surface area contributed by atoms with Crippen LogP contribution in [0.25, 0.3) is 0 Å². The lowest BCUT2D eigenvalue weighted by Crippen LogP contribution is -2.42. The molecule has 4 rings (SSSR count). The molecule has 31 heavy (non-hydrogen) atoms. The van der Waals surface area contributed by atoms with Gasteiger partial charge in [0.15, 0.2) is 27.3 Å². The summed E-state index contributed by atoms with van der Waals surface area (Å²) in [5.41, 5.74) is 5.68. The number of halogens is 4. The molecule has 3 N–H and O–H groups in total. The van der Waals surface area contributed by atoms with Gasteiger partial charge in [0.05, 0.1) is 15.2 Å². The van der Waals surface area contributed by atoms with Crippen LogP contribution in [0.1, 0.15) is 36.0 Å². The Labute approximate surface area is 182 Å². The summed E-state index contributed by atoms with van der Waals surface area (Å²) in [5, 5.41) is 1.62. The number of anilines is 1. The standard InChI is InChI=1S/C21H20ClF3N2O3S/c22-15-4-3-12(21(28)27-14-8-16(23)19(25)17(24)9-14)7-18(15)31(29,30)20-10-1-2-11(20)6-13(26)5-10/h3-4,7-11,13,20H,1-2,5-6,26H2,(H,27,28)/t10-,11?,13?,20+/m0/s1. The number of benzene rings is 2. The third-order valence-electron chi connectivity index (χ3n) is 6.15. The number of amides is 1. The first-order valence-corrected chi connectivity index (χ1v) is 11.7. The molecule has 2 aromatic rings. The second kappa shape index (κ2) is 8.11.